The SMILES string of the molecule is CN1CCN(c2cnn(Cc3ccc(F)cc3)c(=O)c2Br)CC1=O. The van der Waals surface area contributed by atoms with Gasteiger partial charge in [-0.15, -0.1) is 0 Å². The number of rotatable bonds is 3. The summed E-state index contributed by atoms with van der Waals surface area (Å²) < 4.78 is 14.6. The summed E-state index contributed by atoms with van der Waals surface area (Å²) in [5.74, 6) is -0.320. The van der Waals surface area contributed by atoms with Crippen molar-refractivity contribution in [2.24, 2.45) is 0 Å². The molecule has 0 spiro atoms. The van der Waals surface area contributed by atoms with E-state index < -0.39 is 0 Å². The van der Waals surface area contributed by atoms with Gasteiger partial charge in [-0.05, 0) is 33.6 Å². The standard InChI is InChI=1S/C16H16BrFN4O2/c1-20-6-7-21(10-14(20)23)13-8-19-22(16(24)15(13)17)9-11-2-4-12(18)5-3-11/h2-5,8H,6-7,9-10H2,1H3. The third-order valence-electron chi connectivity index (χ3n) is 4.01. The molecule has 2 aromatic rings. The van der Waals surface area contributed by atoms with Crippen LogP contribution < -0.4 is 10.5 Å². The molecule has 0 radical (unpaired) electrons. The van der Waals surface area contributed by atoms with Crippen LogP contribution in [0.15, 0.2) is 39.7 Å². The van der Waals surface area contributed by atoms with Crippen molar-refractivity contribution in [3.05, 3.63) is 56.7 Å². The molecule has 1 fully saturated rings. The quantitative estimate of drug-likeness (QED) is 0.790. The fourth-order valence-corrected chi connectivity index (χ4v) is 3.07. The molecule has 0 atom stereocenters. The number of piperazine rings is 1. The molecular weight excluding hydrogens is 379 g/mol. The zero-order valence-electron chi connectivity index (χ0n) is 13.1. The lowest BCUT2D eigenvalue weighted by atomic mass is 10.2. The highest BCUT2D eigenvalue weighted by atomic mass is 79.9. The molecule has 0 N–H and O–H groups in total. The van der Waals surface area contributed by atoms with Gasteiger partial charge in [0, 0.05) is 20.1 Å². The largest absolute Gasteiger partial charge is 0.358 e. The Labute approximate surface area is 146 Å². The summed E-state index contributed by atoms with van der Waals surface area (Å²) in [4.78, 5) is 27.8. The minimum atomic E-state index is -0.324. The van der Waals surface area contributed by atoms with E-state index in [2.05, 4.69) is 21.0 Å². The summed E-state index contributed by atoms with van der Waals surface area (Å²) in [6.45, 7) is 1.71. The van der Waals surface area contributed by atoms with E-state index in [0.29, 0.717) is 23.2 Å². The number of amides is 1. The first-order valence-corrected chi connectivity index (χ1v) is 8.24. The Bertz CT molecular complexity index is 822. The number of carbonyl (C=O) groups excluding carboxylic acids is 1. The monoisotopic (exact) mass is 394 g/mol. The van der Waals surface area contributed by atoms with E-state index in [1.165, 1.54) is 16.8 Å². The molecule has 8 heteroatoms. The molecule has 6 nitrogen and oxygen atoms in total. The van der Waals surface area contributed by atoms with Gasteiger partial charge < -0.3 is 9.80 Å². The lowest BCUT2D eigenvalue weighted by molar-refractivity contribution is -0.129. The average molecular weight is 395 g/mol. The number of anilines is 1. The highest BCUT2D eigenvalue weighted by Crippen LogP contribution is 2.23. The zero-order chi connectivity index (χ0) is 17.3. The van der Waals surface area contributed by atoms with Crippen LogP contribution in [0.4, 0.5) is 10.1 Å². The predicted octanol–water partition coefficient (Wildman–Crippen LogP) is 1.47. The Balaban J connectivity index is 1.85. The Morgan fingerprint density at radius 3 is 2.58 bits per heavy atom. The van der Waals surface area contributed by atoms with Crippen LogP contribution in [-0.4, -0.2) is 47.3 Å². The van der Waals surface area contributed by atoms with Crippen LogP contribution in [0.3, 0.4) is 0 Å². The first-order valence-electron chi connectivity index (χ1n) is 7.44. The molecule has 1 aromatic carbocycles. The van der Waals surface area contributed by atoms with Gasteiger partial charge >= 0.3 is 0 Å². The maximum absolute atomic E-state index is 13.0. The molecule has 2 heterocycles. The molecule has 1 aromatic heterocycles. The smallest absolute Gasteiger partial charge is 0.283 e. The van der Waals surface area contributed by atoms with Gasteiger partial charge in [-0.1, -0.05) is 12.1 Å². The van der Waals surface area contributed by atoms with E-state index in [1.54, 1.807) is 30.3 Å². The van der Waals surface area contributed by atoms with Crippen LogP contribution in [0.25, 0.3) is 0 Å². The summed E-state index contributed by atoms with van der Waals surface area (Å²) in [5, 5.41) is 4.19. The van der Waals surface area contributed by atoms with Crippen LogP contribution in [0.1, 0.15) is 5.56 Å². The Morgan fingerprint density at radius 2 is 1.92 bits per heavy atom. The van der Waals surface area contributed by atoms with Crippen molar-refractivity contribution in [3.8, 4) is 0 Å². The van der Waals surface area contributed by atoms with Crippen LogP contribution in [0.2, 0.25) is 0 Å². The molecule has 24 heavy (non-hydrogen) atoms. The highest BCUT2D eigenvalue weighted by molar-refractivity contribution is 9.10. The van der Waals surface area contributed by atoms with Crippen molar-refractivity contribution in [2.45, 2.75) is 6.54 Å². The van der Waals surface area contributed by atoms with Crippen LogP contribution in [-0.2, 0) is 11.3 Å². The van der Waals surface area contributed by atoms with Crippen LogP contribution in [0.5, 0.6) is 0 Å². The van der Waals surface area contributed by atoms with Gasteiger partial charge in [0.2, 0.25) is 5.91 Å². The number of likely N-dealkylation sites (N-methyl/N-ethyl adjacent to an activating group) is 1. The number of benzene rings is 1. The van der Waals surface area contributed by atoms with Gasteiger partial charge in [0.25, 0.3) is 5.56 Å². The first-order chi connectivity index (χ1) is 11.5. The summed E-state index contributed by atoms with van der Waals surface area (Å²) in [5.41, 5.74) is 1.10. The molecule has 1 amide bonds. The third kappa shape index (κ3) is 3.33. The van der Waals surface area contributed by atoms with E-state index in [9.17, 15) is 14.0 Å². The van der Waals surface area contributed by atoms with Crippen molar-refractivity contribution in [2.75, 3.05) is 31.6 Å². The van der Waals surface area contributed by atoms with Crippen LogP contribution in [0, 0.1) is 5.82 Å². The number of nitrogens with zero attached hydrogens (tertiary/aromatic N) is 4. The summed E-state index contributed by atoms with van der Waals surface area (Å²) in [6, 6.07) is 5.92. The fourth-order valence-electron chi connectivity index (χ4n) is 2.52. The molecule has 0 unspecified atom stereocenters. The lowest BCUT2D eigenvalue weighted by Gasteiger charge is -2.33. The number of carbonyl (C=O) groups is 1. The molecule has 1 aliphatic rings. The number of halogens is 2. The number of aromatic nitrogens is 2. The Hall–Kier alpha value is -2.22. The Morgan fingerprint density at radius 1 is 1.21 bits per heavy atom. The minimum absolute atomic E-state index is 0.00337. The van der Waals surface area contributed by atoms with Crippen molar-refractivity contribution >= 4 is 27.5 Å². The molecule has 0 aliphatic carbocycles. The molecular formula is C16H16BrFN4O2. The predicted molar refractivity (Wildman–Crippen MR) is 91.5 cm³/mol. The van der Waals surface area contributed by atoms with Crippen LogP contribution >= 0.6 is 15.9 Å². The first kappa shape index (κ1) is 16.6. The Kier molecular flexibility index (Phi) is 4.66. The van der Waals surface area contributed by atoms with E-state index in [-0.39, 0.29) is 30.4 Å². The molecule has 0 saturated carbocycles. The molecule has 3 rings (SSSR count). The van der Waals surface area contributed by atoms with E-state index in [4.69, 9.17) is 0 Å². The summed E-state index contributed by atoms with van der Waals surface area (Å²) in [7, 11) is 1.76. The zero-order valence-corrected chi connectivity index (χ0v) is 14.7. The van der Waals surface area contributed by atoms with Gasteiger partial charge in [0.15, 0.2) is 0 Å². The van der Waals surface area contributed by atoms with Gasteiger partial charge in [-0.2, -0.15) is 5.10 Å². The van der Waals surface area contributed by atoms with Crippen molar-refractivity contribution < 1.29 is 9.18 Å². The van der Waals surface area contributed by atoms with Gasteiger partial charge in [0.1, 0.15) is 10.3 Å². The lowest BCUT2D eigenvalue weighted by Crippen LogP contribution is -2.49. The van der Waals surface area contributed by atoms with Crippen molar-refractivity contribution in [1.82, 2.24) is 14.7 Å². The van der Waals surface area contributed by atoms with Gasteiger partial charge in [-0.25, -0.2) is 9.07 Å². The number of hydrogen-bond donors (Lipinski definition) is 0. The molecule has 0 bridgehead atoms. The number of hydrogen-bond acceptors (Lipinski definition) is 4. The summed E-state index contributed by atoms with van der Waals surface area (Å²) in [6.07, 6.45) is 1.58. The van der Waals surface area contributed by atoms with Crippen molar-refractivity contribution in [3.63, 3.8) is 0 Å². The maximum Gasteiger partial charge on any atom is 0.283 e. The second-order valence-electron chi connectivity index (χ2n) is 5.67. The normalized spacial score (nSPS) is 15.0. The van der Waals surface area contributed by atoms with Crippen molar-refractivity contribution in [1.29, 1.82) is 0 Å². The third-order valence-corrected chi connectivity index (χ3v) is 4.76. The fraction of sp³-hybridized carbons (Fsp3) is 0.312. The second-order valence-corrected chi connectivity index (χ2v) is 6.46. The van der Waals surface area contributed by atoms with Gasteiger partial charge in [0.05, 0.1) is 25.0 Å². The maximum atomic E-state index is 13.0. The van der Waals surface area contributed by atoms with E-state index in [0.717, 1.165) is 5.56 Å². The highest BCUT2D eigenvalue weighted by Gasteiger charge is 2.24. The topological polar surface area (TPSA) is 58.4 Å². The second kappa shape index (κ2) is 6.72. The van der Waals surface area contributed by atoms with E-state index >= 15 is 0 Å². The molecule has 1 saturated heterocycles. The minimum Gasteiger partial charge on any atom is -0.358 e. The van der Waals surface area contributed by atoms with Gasteiger partial charge in [-0.3, -0.25) is 9.59 Å². The van der Waals surface area contributed by atoms with E-state index in [1.807, 2.05) is 4.90 Å². The molecule has 126 valence electrons. The average Bonchev–Trinajstić information content (AvgIpc) is 2.57. The molecule has 1 aliphatic heterocycles. The summed E-state index contributed by atoms with van der Waals surface area (Å²) >= 11 is 3.33.